The van der Waals surface area contributed by atoms with Gasteiger partial charge in [-0.25, -0.2) is 4.68 Å². The fourth-order valence-corrected chi connectivity index (χ4v) is 3.02. The van der Waals surface area contributed by atoms with Gasteiger partial charge in [-0.2, -0.15) is 5.10 Å². The zero-order valence-corrected chi connectivity index (χ0v) is 15.6. The fourth-order valence-electron chi connectivity index (χ4n) is 3.02. The number of carboxylic acids is 1. The molecule has 0 saturated carbocycles. The normalized spacial score (nSPS) is 11.8. The van der Waals surface area contributed by atoms with Crippen molar-refractivity contribution in [1.82, 2.24) is 14.8 Å². The van der Waals surface area contributed by atoms with Gasteiger partial charge in [0.1, 0.15) is 5.82 Å². The van der Waals surface area contributed by atoms with E-state index in [4.69, 9.17) is 0 Å². The number of carbonyl (C=O) groups excluding carboxylic acids is 1. The lowest BCUT2D eigenvalue weighted by Crippen LogP contribution is -2.28. The second-order valence-corrected chi connectivity index (χ2v) is 6.44. The number of carbonyl (C=O) groups is 2. The number of hydrogen-bond donors (Lipinski definition) is 2. The van der Waals surface area contributed by atoms with Crippen molar-refractivity contribution in [2.45, 2.75) is 26.3 Å². The van der Waals surface area contributed by atoms with Crippen LogP contribution >= 0.6 is 0 Å². The van der Waals surface area contributed by atoms with Crippen LogP contribution in [0.1, 0.15) is 18.9 Å². The van der Waals surface area contributed by atoms with Crippen LogP contribution in [-0.4, -0.2) is 31.7 Å². The summed E-state index contributed by atoms with van der Waals surface area (Å²) in [5.41, 5.74) is 2.53. The molecule has 144 valence electrons. The molecule has 7 heteroatoms. The van der Waals surface area contributed by atoms with E-state index in [1.54, 1.807) is 23.1 Å². The Morgan fingerprint density at radius 1 is 1.14 bits per heavy atom. The van der Waals surface area contributed by atoms with Crippen LogP contribution in [0, 0.1) is 5.92 Å². The molecule has 2 heterocycles. The third-order valence-electron chi connectivity index (χ3n) is 4.42. The largest absolute Gasteiger partial charge is 0.481 e. The number of pyridine rings is 1. The SMILES string of the molecule is CCn1nc(-c2ccncc2)cc1NC(=O)[C@@H](CC(=O)O)Cc1ccccc1. The molecule has 1 amide bonds. The van der Waals surface area contributed by atoms with Crippen LogP contribution in [0.15, 0.2) is 60.9 Å². The van der Waals surface area contributed by atoms with E-state index in [0.29, 0.717) is 18.8 Å². The highest BCUT2D eigenvalue weighted by molar-refractivity contribution is 5.94. The molecule has 2 aromatic heterocycles. The van der Waals surface area contributed by atoms with Gasteiger partial charge < -0.3 is 10.4 Å². The zero-order chi connectivity index (χ0) is 19.9. The van der Waals surface area contributed by atoms with E-state index < -0.39 is 11.9 Å². The number of benzene rings is 1. The summed E-state index contributed by atoms with van der Waals surface area (Å²) in [4.78, 5) is 28.1. The van der Waals surface area contributed by atoms with Gasteiger partial charge in [0.05, 0.1) is 18.0 Å². The van der Waals surface area contributed by atoms with Crippen molar-refractivity contribution in [3.8, 4) is 11.3 Å². The summed E-state index contributed by atoms with van der Waals surface area (Å²) in [5.74, 6) is -1.47. The van der Waals surface area contributed by atoms with Crippen LogP contribution in [0.5, 0.6) is 0 Å². The summed E-state index contributed by atoms with van der Waals surface area (Å²) in [7, 11) is 0. The Kier molecular flexibility index (Phi) is 6.16. The van der Waals surface area contributed by atoms with Crippen LogP contribution < -0.4 is 5.32 Å². The predicted octanol–water partition coefficient (Wildman–Crippen LogP) is 3.24. The van der Waals surface area contributed by atoms with Crippen molar-refractivity contribution in [2.24, 2.45) is 5.92 Å². The molecule has 0 aliphatic carbocycles. The molecule has 0 spiro atoms. The number of aliphatic carboxylic acids is 1. The quantitative estimate of drug-likeness (QED) is 0.627. The summed E-state index contributed by atoms with van der Waals surface area (Å²) < 4.78 is 1.69. The Hall–Kier alpha value is -3.48. The van der Waals surface area contributed by atoms with E-state index >= 15 is 0 Å². The van der Waals surface area contributed by atoms with Gasteiger partial charge in [0.2, 0.25) is 5.91 Å². The highest BCUT2D eigenvalue weighted by Gasteiger charge is 2.23. The van der Waals surface area contributed by atoms with Gasteiger partial charge in [-0.1, -0.05) is 30.3 Å². The lowest BCUT2D eigenvalue weighted by molar-refractivity contribution is -0.140. The van der Waals surface area contributed by atoms with E-state index in [2.05, 4.69) is 15.4 Å². The van der Waals surface area contributed by atoms with Crippen LogP contribution in [0.25, 0.3) is 11.3 Å². The maximum absolute atomic E-state index is 12.8. The monoisotopic (exact) mass is 378 g/mol. The van der Waals surface area contributed by atoms with Gasteiger partial charge >= 0.3 is 5.97 Å². The van der Waals surface area contributed by atoms with Crippen molar-refractivity contribution in [3.05, 3.63) is 66.5 Å². The van der Waals surface area contributed by atoms with Crippen molar-refractivity contribution in [3.63, 3.8) is 0 Å². The Labute approximate surface area is 163 Å². The average molecular weight is 378 g/mol. The lowest BCUT2D eigenvalue weighted by Gasteiger charge is -2.15. The number of aromatic nitrogens is 3. The molecule has 0 aliphatic heterocycles. The molecular weight excluding hydrogens is 356 g/mol. The van der Waals surface area contributed by atoms with Crippen molar-refractivity contribution >= 4 is 17.7 Å². The maximum Gasteiger partial charge on any atom is 0.304 e. The average Bonchev–Trinajstić information content (AvgIpc) is 3.11. The predicted molar refractivity (Wildman–Crippen MR) is 106 cm³/mol. The molecule has 28 heavy (non-hydrogen) atoms. The number of nitrogens with one attached hydrogen (secondary N) is 1. The summed E-state index contributed by atoms with van der Waals surface area (Å²) in [6, 6.07) is 14.9. The van der Waals surface area contributed by atoms with Crippen LogP contribution in [0.2, 0.25) is 0 Å². The fraction of sp³-hybridized carbons (Fsp3) is 0.238. The molecule has 0 unspecified atom stereocenters. The summed E-state index contributed by atoms with van der Waals surface area (Å²) in [5, 5.41) is 16.6. The Bertz CT molecular complexity index is 939. The molecule has 0 saturated heterocycles. The van der Waals surface area contributed by atoms with Crippen molar-refractivity contribution < 1.29 is 14.7 Å². The topological polar surface area (TPSA) is 97.1 Å². The number of rotatable bonds is 8. The molecule has 1 atom stereocenters. The van der Waals surface area contributed by atoms with E-state index in [0.717, 1.165) is 16.8 Å². The minimum atomic E-state index is -1.00. The zero-order valence-electron chi connectivity index (χ0n) is 15.6. The highest BCUT2D eigenvalue weighted by Crippen LogP contribution is 2.23. The van der Waals surface area contributed by atoms with Crippen molar-refractivity contribution in [1.29, 1.82) is 0 Å². The Balaban J connectivity index is 1.80. The van der Waals surface area contributed by atoms with E-state index in [-0.39, 0.29) is 12.3 Å². The molecule has 3 rings (SSSR count). The van der Waals surface area contributed by atoms with E-state index in [9.17, 15) is 14.7 Å². The number of amides is 1. The highest BCUT2D eigenvalue weighted by atomic mass is 16.4. The first-order chi connectivity index (χ1) is 13.6. The number of nitrogens with zero attached hydrogens (tertiary/aromatic N) is 3. The summed E-state index contributed by atoms with van der Waals surface area (Å²) in [6.07, 6.45) is 3.48. The molecule has 3 aromatic rings. The number of hydrogen-bond acceptors (Lipinski definition) is 4. The van der Waals surface area contributed by atoms with E-state index in [1.807, 2.05) is 49.4 Å². The van der Waals surface area contributed by atoms with Gasteiger partial charge in [0.15, 0.2) is 0 Å². The van der Waals surface area contributed by atoms with Gasteiger partial charge in [-0.15, -0.1) is 0 Å². The summed E-state index contributed by atoms with van der Waals surface area (Å²) >= 11 is 0. The molecule has 0 bridgehead atoms. The number of carboxylic acid groups (broad SMARTS) is 1. The third kappa shape index (κ3) is 4.82. The lowest BCUT2D eigenvalue weighted by atomic mass is 9.95. The second-order valence-electron chi connectivity index (χ2n) is 6.44. The molecule has 1 aromatic carbocycles. The number of aryl methyl sites for hydroxylation is 1. The first-order valence-electron chi connectivity index (χ1n) is 9.11. The van der Waals surface area contributed by atoms with Crippen molar-refractivity contribution in [2.75, 3.05) is 5.32 Å². The van der Waals surface area contributed by atoms with E-state index in [1.165, 1.54) is 0 Å². The molecular formula is C21H22N4O3. The first-order valence-corrected chi connectivity index (χ1v) is 9.11. The molecule has 0 aliphatic rings. The molecule has 0 radical (unpaired) electrons. The number of anilines is 1. The van der Waals surface area contributed by atoms with Crippen LogP contribution in [0.4, 0.5) is 5.82 Å². The smallest absolute Gasteiger partial charge is 0.304 e. The Morgan fingerprint density at radius 3 is 2.50 bits per heavy atom. The summed E-state index contributed by atoms with van der Waals surface area (Å²) in [6.45, 7) is 2.50. The van der Waals surface area contributed by atoms with Crippen LogP contribution in [-0.2, 0) is 22.6 Å². The standard InChI is InChI=1S/C21H22N4O3/c1-2-25-19(14-18(24-25)16-8-10-22-11-9-16)23-21(28)17(13-20(26)27)12-15-6-4-3-5-7-15/h3-11,14,17H,2,12-13H2,1H3,(H,23,28)(H,26,27)/t17-/m1/s1. The van der Waals surface area contributed by atoms with Gasteiger partial charge in [-0.3, -0.25) is 14.6 Å². The van der Waals surface area contributed by atoms with Crippen LogP contribution in [0.3, 0.4) is 0 Å². The molecule has 2 N–H and O–H groups in total. The Morgan fingerprint density at radius 2 is 1.86 bits per heavy atom. The maximum atomic E-state index is 12.8. The minimum Gasteiger partial charge on any atom is -0.481 e. The third-order valence-corrected chi connectivity index (χ3v) is 4.42. The van der Waals surface area contributed by atoms with Gasteiger partial charge in [-0.05, 0) is 31.0 Å². The van der Waals surface area contributed by atoms with Gasteiger partial charge in [0, 0.05) is 30.6 Å². The second kappa shape index (κ2) is 8.94. The molecule has 7 nitrogen and oxygen atoms in total. The molecule has 0 fully saturated rings. The first kappa shape index (κ1) is 19.3. The minimum absolute atomic E-state index is 0.238. The van der Waals surface area contributed by atoms with Gasteiger partial charge in [0.25, 0.3) is 0 Å².